The summed E-state index contributed by atoms with van der Waals surface area (Å²) in [4.78, 5) is 9.92. The summed E-state index contributed by atoms with van der Waals surface area (Å²) in [5, 5.41) is 23.9. The summed E-state index contributed by atoms with van der Waals surface area (Å²) in [7, 11) is 0. The van der Waals surface area contributed by atoms with E-state index in [0.29, 0.717) is 0 Å². The molecule has 1 heterocycles. The molecule has 0 radical (unpaired) electrons. The number of nitrogens with zero attached hydrogens (tertiary/aromatic N) is 2. The van der Waals surface area contributed by atoms with Gasteiger partial charge in [0.05, 0.1) is 16.7 Å². The molecular weight excluding hydrogens is 236 g/mol. The number of nitro benzene ring substituents is 1. The number of aromatic nitrogens is 1. The van der Waals surface area contributed by atoms with Crippen molar-refractivity contribution in [1.82, 2.24) is 5.16 Å². The fourth-order valence-electron chi connectivity index (χ4n) is 1.27. The molecule has 7 heteroatoms. The molecule has 0 spiro atoms. The van der Waals surface area contributed by atoms with Gasteiger partial charge in [-0.1, -0.05) is 16.8 Å². The van der Waals surface area contributed by atoms with Crippen molar-refractivity contribution in [2.45, 2.75) is 0 Å². The second kappa shape index (κ2) is 3.82. The van der Waals surface area contributed by atoms with Crippen molar-refractivity contribution in [3.63, 3.8) is 0 Å². The van der Waals surface area contributed by atoms with Crippen molar-refractivity contribution in [3.05, 3.63) is 39.5 Å². The number of nitro groups is 1. The molecular formula is C9H5ClN2O4. The standard InChI is InChI=1S/C9H5ClN2O4/c10-5-3-6(8-1-2-11-16-8)9(13)7(4-5)12(14)15/h1-4,13H. The summed E-state index contributed by atoms with van der Waals surface area (Å²) >= 11 is 5.71. The Kier molecular flexibility index (Phi) is 2.49. The van der Waals surface area contributed by atoms with Gasteiger partial charge < -0.3 is 9.63 Å². The van der Waals surface area contributed by atoms with Crippen LogP contribution in [-0.4, -0.2) is 15.2 Å². The van der Waals surface area contributed by atoms with Crippen LogP contribution in [0, 0.1) is 10.1 Å². The molecule has 0 unspecified atom stereocenters. The Morgan fingerprint density at radius 3 is 2.81 bits per heavy atom. The van der Waals surface area contributed by atoms with Gasteiger partial charge in [-0.2, -0.15) is 0 Å². The van der Waals surface area contributed by atoms with Crippen molar-refractivity contribution in [1.29, 1.82) is 0 Å². The number of halogens is 1. The van der Waals surface area contributed by atoms with Gasteiger partial charge in [-0.3, -0.25) is 10.1 Å². The van der Waals surface area contributed by atoms with Gasteiger partial charge >= 0.3 is 5.69 Å². The first-order chi connectivity index (χ1) is 7.59. The normalized spacial score (nSPS) is 10.3. The van der Waals surface area contributed by atoms with Gasteiger partial charge in [0.15, 0.2) is 5.76 Å². The molecule has 0 aliphatic rings. The monoisotopic (exact) mass is 240 g/mol. The maximum atomic E-state index is 10.6. The molecule has 1 aromatic heterocycles. The summed E-state index contributed by atoms with van der Waals surface area (Å²) in [6.45, 7) is 0. The number of benzene rings is 1. The summed E-state index contributed by atoms with van der Waals surface area (Å²) in [5.41, 5.74) is -0.337. The van der Waals surface area contributed by atoms with E-state index in [0.717, 1.165) is 6.07 Å². The Morgan fingerprint density at radius 1 is 1.50 bits per heavy atom. The summed E-state index contributed by atoms with van der Waals surface area (Å²) in [6.07, 6.45) is 1.36. The molecule has 6 nitrogen and oxygen atoms in total. The molecule has 1 N–H and O–H groups in total. The molecule has 82 valence electrons. The van der Waals surface area contributed by atoms with Crippen LogP contribution in [-0.2, 0) is 0 Å². The summed E-state index contributed by atoms with van der Waals surface area (Å²) in [6, 6.07) is 3.90. The van der Waals surface area contributed by atoms with Crippen molar-refractivity contribution < 1.29 is 14.6 Å². The maximum Gasteiger partial charge on any atom is 0.312 e. The lowest BCUT2D eigenvalue weighted by Gasteiger charge is -2.02. The fraction of sp³-hybridized carbons (Fsp3) is 0. The van der Waals surface area contributed by atoms with E-state index in [1.54, 1.807) is 0 Å². The van der Waals surface area contributed by atoms with Gasteiger partial charge in [0.25, 0.3) is 0 Å². The highest BCUT2D eigenvalue weighted by Gasteiger charge is 2.21. The van der Waals surface area contributed by atoms with Crippen molar-refractivity contribution in [2.75, 3.05) is 0 Å². The van der Waals surface area contributed by atoms with Crippen molar-refractivity contribution in [2.24, 2.45) is 0 Å². The second-order valence-electron chi connectivity index (χ2n) is 2.95. The number of rotatable bonds is 2. The third-order valence-electron chi connectivity index (χ3n) is 1.95. The van der Waals surface area contributed by atoms with Crippen LogP contribution < -0.4 is 0 Å². The van der Waals surface area contributed by atoms with Gasteiger partial charge in [-0.05, 0) is 6.07 Å². The lowest BCUT2D eigenvalue weighted by Crippen LogP contribution is -1.90. The summed E-state index contributed by atoms with van der Waals surface area (Å²) in [5.74, 6) is -0.283. The quantitative estimate of drug-likeness (QED) is 0.644. The Balaban J connectivity index is 2.67. The topological polar surface area (TPSA) is 89.4 Å². The highest BCUT2D eigenvalue weighted by Crippen LogP contribution is 2.39. The molecule has 0 aliphatic heterocycles. The minimum atomic E-state index is -0.721. The SMILES string of the molecule is O=[N+]([O-])c1cc(Cl)cc(-c2ccno2)c1O. The van der Waals surface area contributed by atoms with E-state index in [1.165, 1.54) is 18.3 Å². The zero-order valence-electron chi connectivity index (χ0n) is 7.75. The van der Waals surface area contributed by atoms with Crippen LogP contribution in [0.15, 0.2) is 28.9 Å². The van der Waals surface area contributed by atoms with E-state index in [2.05, 4.69) is 5.16 Å². The predicted molar refractivity (Wildman–Crippen MR) is 55.3 cm³/mol. The maximum absolute atomic E-state index is 10.6. The fourth-order valence-corrected chi connectivity index (χ4v) is 1.48. The zero-order chi connectivity index (χ0) is 11.7. The lowest BCUT2D eigenvalue weighted by atomic mass is 10.1. The number of aromatic hydroxyl groups is 1. The average Bonchev–Trinajstić information content (AvgIpc) is 2.73. The Bertz CT molecular complexity index is 539. The minimum Gasteiger partial charge on any atom is -0.502 e. The molecule has 0 fully saturated rings. The van der Waals surface area contributed by atoms with Gasteiger partial charge in [0.1, 0.15) is 0 Å². The first-order valence-electron chi connectivity index (χ1n) is 4.17. The summed E-state index contributed by atoms with van der Waals surface area (Å²) < 4.78 is 4.80. The highest BCUT2D eigenvalue weighted by molar-refractivity contribution is 6.31. The van der Waals surface area contributed by atoms with Gasteiger partial charge in [-0.15, -0.1) is 0 Å². The van der Waals surface area contributed by atoms with E-state index in [-0.39, 0.29) is 16.3 Å². The van der Waals surface area contributed by atoms with Crippen LogP contribution in [0.4, 0.5) is 5.69 Å². The van der Waals surface area contributed by atoms with E-state index >= 15 is 0 Å². The van der Waals surface area contributed by atoms with E-state index < -0.39 is 16.4 Å². The van der Waals surface area contributed by atoms with Crippen molar-refractivity contribution >= 4 is 17.3 Å². The number of phenolic OH excluding ortho intramolecular Hbond substituents is 1. The van der Waals surface area contributed by atoms with Crippen molar-refractivity contribution in [3.8, 4) is 17.1 Å². The van der Waals surface area contributed by atoms with Gasteiger partial charge in [-0.25, -0.2) is 0 Å². The predicted octanol–water partition coefficient (Wildman–Crippen LogP) is 2.61. The van der Waals surface area contributed by atoms with Crippen LogP contribution in [0.1, 0.15) is 0 Å². The van der Waals surface area contributed by atoms with Gasteiger partial charge in [0, 0.05) is 17.2 Å². The number of hydrogen-bond acceptors (Lipinski definition) is 5. The smallest absolute Gasteiger partial charge is 0.312 e. The second-order valence-corrected chi connectivity index (χ2v) is 3.39. The molecule has 1 aromatic carbocycles. The Hall–Kier alpha value is -2.08. The van der Waals surface area contributed by atoms with Gasteiger partial charge in [0.2, 0.25) is 5.75 Å². The highest BCUT2D eigenvalue weighted by atomic mass is 35.5. The van der Waals surface area contributed by atoms with E-state index in [1.807, 2.05) is 0 Å². The Labute approximate surface area is 94.2 Å². The average molecular weight is 241 g/mol. The van der Waals surface area contributed by atoms with Crippen LogP contribution in [0.25, 0.3) is 11.3 Å². The van der Waals surface area contributed by atoms with E-state index in [9.17, 15) is 15.2 Å². The van der Waals surface area contributed by atoms with E-state index in [4.69, 9.17) is 16.1 Å². The molecule has 0 saturated carbocycles. The van der Waals surface area contributed by atoms with Crippen LogP contribution in [0.2, 0.25) is 5.02 Å². The molecule has 0 bridgehead atoms. The molecule has 2 aromatic rings. The third kappa shape index (κ3) is 1.70. The number of phenols is 1. The first-order valence-corrected chi connectivity index (χ1v) is 4.55. The van der Waals surface area contributed by atoms with Crippen LogP contribution in [0.3, 0.4) is 0 Å². The van der Waals surface area contributed by atoms with Crippen LogP contribution in [0.5, 0.6) is 5.75 Å². The lowest BCUT2D eigenvalue weighted by molar-refractivity contribution is -0.385. The zero-order valence-corrected chi connectivity index (χ0v) is 8.51. The molecule has 0 saturated heterocycles. The third-order valence-corrected chi connectivity index (χ3v) is 2.17. The molecule has 0 aliphatic carbocycles. The molecule has 0 amide bonds. The largest absolute Gasteiger partial charge is 0.502 e. The first kappa shape index (κ1) is 10.4. The molecule has 16 heavy (non-hydrogen) atoms. The molecule has 2 rings (SSSR count). The molecule has 0 atom stereocenters. The Morgan fingerprint density at radius 2 is 2.25 bits per heavy atom. The van der Waals surface area contributed by atoms with Crippen LogP contribution >= 0.6 is 11.6 Å². The minimum absolute atomic E-state index is 0.135. The number of hydrogen-bond donors (Lipinski definition) is 1.